The van der Waals surface area contributed by atoms with Crippen molar-refractivity contribution in [1.29, 1.82) is 0 Å². The SMILES string of the molecule is C1=CCCC([C@]23C=CC(CC2)S3)=C1. The second kappa shape index (κ2) is 2.78. The molecule has 1 fully saturated rings. The fourth-order valence-corrected chi connectivity index (χ4v) is 4.21. The first-order valence-electron chi connectivity index (χ1n) is 5.12. The first kappa shape index (κ1) is 7.93. The lowest BCUT2D eigenvalue weighted by Gasteiger charge is -2.27. The van der Waals surface area contributed by atoms with E-state index < -0.39 is 0 Å². The van der Waals surface area contributed by atoms with Crippen LogP contribution in [0.1, 0.15) is 25.7 Å². The molecular weight excluding hydrogens is 176 g/mol. The van der Waals surface area contributed by atoms with Crippen molar-refractivity contribution in [3.63, 3.8) is 0 Å². The number of allylic oxidation sites excluding steroid dienone is 3. The predicted molar refractivity (Wildman–Crippen MR) is 58.9 cm³/mol. The first-order chi connectivity index (χ1) is 6.39. The summed E-state index contributed by atoms with van der Waals surface area (Å²) in [6.07, 6.45) is 17.0. The molecule has 2 heterocycles. The topological polar surface area (TPSA) is 0 Å². The van der Waals surface area contributed by atoms with Gasteiger partial charge in [-0.25, -0.2) is 0 Å². The van der Waals surface area contributed by atoms with E-state index in [1.54, 1.807) is 5.57 Å². The van der Waals surface area contributed by atoms with E-state index in [2.05, 4.69) is 42.1 Å². The Kier molecular flexibility index (Phi) is 1.69. The average Bonchev–Trinajstić information content (AvgIpc) is 2.80. The summed E-state index contributed by atoms with van der Waals surface area (Å²) in [6.45, 7) is 0. The second-order valence-electron chi connectivity index (χ2n) is 4.10. The van der Waals surface area contributed by atoms with Crippen LogP contribution in [-0.2, 0) is 0 Å². The third-order valence-corrected chi connectivity index (χ3v) is 5.02. The van der Waals surface area contributed by atoms with E-state index in [-0.39, 0.29) is 0 Å². The molecule has 0 nitrogen and oxygen atoms in total. The van der Waals surface area contributed by atoms with Gasteiger partial charge >= 0.3 is 0 Å². The number of fused-ring (bicyclic) bond motifs is 2. The minimum Gasteiger partial charge on any atom is -0.139 e. The first-order valence-corrected chi connectivity index (χ1v) is 6.00. The van der Waals surface area contributed by atoms with Gasteiger partial charge in [-0.15, -0.1) is 11.8 Å². The lowest BCUT2D eigenvalue weighted by molar-refractivity contribution is 0.673. The Labute approximate surface area is 83.8 Å². The van der Waals surface area contributed by atoms with Crippen LogP contribution in [0.4, 0.5) is 0 Å². The summed E-state index contributed by atoms with van der Waals surface area (Å²) in [5.41, 5.74) is 1.66. The van der Waals surface area contributed by atoms with Crippen molar-refractivity contribution in [2.45, 2.75) is 35.7 Å². The quantitative estimate of drug-likeness (QED) is 0.570. The number of rotatable bonds is 1. The molecule has 2 aliphatic heterocycles. The Morgan fingerprint density at radius 3 is 3.00 bits per heavy atom. The van der Waals surface area contributed by atoms with Crippen molar-refractivity contribution in [2.24, 2.45) is 0 Å². The zero-order chi connectivity index (χ0) is 8.73. The molecule has 1 heteroatoms. The van der Waals surface area contributed by atoms with Crippen molar-refractivity contribution in [3.05, 3.63) is 36.0 Å². The van der Waals surface area contributed by atoms with E-state index in [0.717, 1.165) is 5.25 Å². The highest BCUT2D eigenvalue weighted by molar-refractivity contribution is 8.02. The van der Waals surface area contributed by atoms with Gasteiger partial charge in [0.05, 0.1) is 4.75 Å². The molecule has 0 spiro atoms. The molecule has 1 saturated heterocycles. The van der Waals surface area contributed by atoms with Crippen LogP contribution in [0.5, 0.6) is 0 Å². The summed E-state index contributed by atoms with van der Waals surface area (Å²) in [7, 11) is 0. The van der Waals surface area contributed by atoms with Crippen LogP contribution in [0, 0.1) is 0 Å². The van der Waals surface area contributed by atoms with E-state index in [1.165, 1.54) is 25.7 Å². The van der Waals surface area contributed by atoms with Crippen molar-refractivity contribution < 1.29 is 0 Å². The molecule has 0 radical (unpaired) electrons. The van der Waals surface area contributed by atoms with Crippen molar-refractivity contribution >= 4 is 11.8 Å². The molecular formula is C12H14S. The van der Waals surface area contributed by atoms with Gasteiger partial charge in [0.1, 0.15) is 0 Å². The molecule has 0 N–H and O–H groups in total. The maximum absolute atomic E-state index is 2.46. The van der Waals surface area contributed by atoms with Gasteiger partial charge in [0.2, 0.25) is 0 Å². The Hall–Kier alpha value is -0.430. The summed E-state index contributed by atoms with van der Waals surface area (Å²) in [5, 5.41) is 0.826. The van der Waals surface area contributed by atoms with Gasteiger partial charge in [-0.2, -0.15) is 0 Å². The number of thioether (sulfide) groups is 1. The third kappa shape index (κ3) is 1.13. The van der Waals surface area contributed by atoms with Crippen LogP contribution in [0.2, 0.25) is 0 Å². The number of hydrogen-bond donors (Lipinski definition) is 0. The molecule has 0 aromatic carbocycles. The molecule has 0 aromatic heterocycles. The third-order valence-electron chi connectivity index (χ3n) is 3.30. The van der Waals surface area contributed by atoms with Crippen LogP contribution < -0.4 is 0 Å². The van der Waals surface area contributed by atoms with Gasteiger partial charge in [-0.1, -0.05) is 36.0 Å². The van der Waals surface area contributed by atoms with Crippen LogP contribution in [0.3, 0.4) is 0 Å². The molecule has 68 valence electrons. The van der Waals surface area contributed by atoms with Gasteiger partial charge in [0, 0.05) is 5.25 Å². The van der Waals surface area contributed by atoms with Crippen molar-refractivity contribution in [1.82, 2.24) is 0 Å². The highest BCUT2D eigenvalue weighted by atomic mass is 32.2. The normalized spacial score (nSPS) is 41.2. The Morgan fingerprint density at radius 2 is 2.46 bits per heavy atom. The molecule has 13 heavy (non-hydrogen) atoms. The Morgan fingerprint density at radius 1 is 1.46 bits per heavy atom. The van der Waals surface area contributed by atoms with E-state index in [4.69, 9.17) is 0 Å². The summed E-state index contributed by atoms with van der Waals surface area (Å²) in [6, 6.07) is 0. The molecule has 3 rings (SSSR count). The molecule has 2 bridgehead atoms. The smallest absolute Gasteiger partial charge is 0.0557 e. The largest absolute Gasteiger partial charge is 0.139 e. The van der Waals surface area contributed by atoms with Crippen LogP contribution in [0.25, 0.3) is 0 Å². The lowest BCUT2D eigenvalue weighted by Crippen LogP contribution is -2.20. The average molecular weight is 190 g/mol. The van der Waals surface area contributed by atoms with E-state index in [0.29, 0.717) is 4.75 Å². The fraction of sp³-hybridized carbons (Fsp3) is 0.500. The lowest BCUT2D eigenvalue weighted by atomic mass is 9.85. The highest BCUT2D eigenvalue weighted by Crippen LogP contribution is 2.55. The molecule has 2 atom stereocenters. The predicted octanol–water partition coefficient (Wildman–Crippen LogP) is 3.47. The van der Waals surface area contributed by atoms with Crippen LogP contribution in [-0.4, -0.2) is 10.00 Å². The zero-order valence-electron chi connectivity index (χ0n) is 7.70. The zero-order valence-corrected chi connectivity index (χ0v) is 8.52. The second-order valence-corrected chi connectivity index (χ2v) is 5.67. The minimum atomic E-state index is 0.426. The van der Waals surface area contributed by atoms with Gasteiger partial charge in [0.25, 0.3) is 0 Å². The molecule has 1 aliphatic carbocycles. The van der Waals surface area contributed by atoms with Crippen LogP contribution >= 0.6 is 11.8 Å². The standard InChI is InChI=1S/C12H14S/c1-2-4-10(5-3-1)12-8-6-11(13-12)7-9-12/h1-2,4,6,8,11H,3,5,7,9H2/t11?,12-/m0/s1. The van der Waals surface area contributed by atoms with Crippen molar-refractivity contribution in [2.75, 3.05) is 0 Å². The molecule has 0 aromatic rings. The molecule has 0 saturated carbocycles. The van der Waals surface area contributed by atoms with E-state index in [9.17, 15) is 0 Å². The van der Waals surface area contributed by atoms with Gasteiger partial charge in [0.15, 0.2) is 0 Å². The highest BCUT2D eigenvalue weighted by Gasteiger charge is 2.43. The van der Waals surface area contributed by atoms with E-state index in [1.807, 2.05) is 0 Å². The summed E-state index contributed by atoms with van der Waals surface area (Å²) in [5.74, 6) is 0. The summed E-state index contributed by atoms with van der Waals surface area (Å²) >= 11 is 2.17. The summed E-state index contributed by atoms with van der Waals surface area (Å²) < 4.78 is 0.426. The summed E-state index contributed by atoms with van der Waals surface area (Å²) in [4.78, 5) is 0. The maximum atomic E-state index is 2.46. The monoisotopic (exact) mass is 190 g/mol. The van der Waals surface area contributed by atoms with Gasteiger partial charge < -0.3 is 0 Å². The molecule has 0 amide bonds. The number of hydrogen-bond acceptors (Lipinski definition) is 1. The Bertz CT molecular complexity index is 311. The van der Waals surface area contributed by atoms with Crippen molar-refractivity contribution in [3.8, 4) is 0 Å². The fourth-order valence-electron chi connectivity index (χ4n) is 2.56. The van der Waals surface area contributed by atoms with Crippen LogP contribution in [0.15, 0.2) is 36.0 Å². The Balaban J connectivity index is 1.95. The van der Waals surface area contributed by atoms with Gasteiger partial charge in [-0.05, 0) is 25.7 Å². The minimum absolute atomic E-state index is 0.426. The maximum Gasteiger partial charge on any atom is 0.0557 e. The molecule has 1 unspecified atom stereocenters. The molecule has 3 aliphatic rings. The van der Waals surface area contributed by atoms with Gasteiger partial charge in [-0.3, -0.25) is 0 Å². The van der Waals surface area contributed by atoms with E-state index >= 15 is 0 Å².